The van der Waals surface area contributed by atoms with Crippen molar-refractivity contribution < 1.29 is 9.59 Å². The highest BCUT2D eigenvalue weighted by Crippen LogP contribution is 2.40. The molecule has 0 saturated heterocycles. The maximum Gasteiger partial charge on any atom is 0.316 e. The number of ketones is 1. The Bertz CT molecular complexity index is 796. The molecule has 25 heavy (non-hydrogen) atoms. The summed E-state index contributed by atoms with van der Waals surface area (Å²) < 4.78 is 2.03. The Morgan fingerprint density at radius 3 is 2.64 bits per heavy atom. The maximum absolute atomic E-state index is 12.4. The van der Waals surface area contributed by atoms with Crippen LogP contribution in [0.4, 0.5) is 10.5 Å². The third kappa shape index (κ3) is 4.27. The number of benzene rings is 1. The molecule has 3 N–H and O–H groups in total. The molecule has 3 rings (SSSR count). The number of amides is 2. The molecule has 0 radical (unpaired) electrons. The van der Waals surface area contributed by atoms with Crippen molar-refractivity contribution in [1.82, 2.24) is 14.8 Å². The molecule has 0 spiro atoms. The van der Waals surface area contributed by atoms with E-state index in [1.165, 1.54) is 11.8 Å². The molecule has 130 valence electrons. The van der Waals surface area contributed by atoms with Gasteiger partial charge in [0.05, 0.1) is 5.75 Å². The summed E-state index contributed by atoms with van der Waals surface area (Å²) in [6.45, 7) is 4.42. The van der Waals surface area contributed by atoms with E-state index in [2.05, 4.69) is 22.1 Å². The van der Waals surface area contributed by atoms with Gasteiger partial charge in [0.25, 0.3) is 0 Å². The number of nitrogens with one attached hydrogen (secondary N) is 1. The third-order valence-electron chi connectivity index (χ3n) is 3.81. The van der Waals surface area contributed by atoms with E-state index < -0.39 is 6.03 Å². The fourth-order valence-electron chi connectivity index (χ4n) is 2.45. The Morgan fingerprint density at radius 1 is 1.32 bits per heavy atom. The van der Waals surface area contributed by atoms with Gasteiger partial charge >= 0.3 is 6.03 Å². The number of thioether (sulfide) groups is 1. The second-order valence-electron chi connectivity index (χ2n) is 5.79. The number of carbonyl (C=O) groups excluding carboxylic acids is 2. The normalized spacial score (nSPS) is 13.4. The van der Waals surface area contributed by atoms with Gasteiger partial charge in [-0.15, -0.1) is 16.8 Å². The number of Topliss-reactive ketones (excluding diaryl/α,β-unsaturated/α-hetero) is 1. The van der Waals surface area contributed by atoms with E-state index in [1.807, 2.05) is 10.6 Å². The molecule has 1 heterocycles. The van der Waals surface area contributed by atoms with Crippen LogP contribution in [0.15, 0.2) is 42.1 Å². The molecule has 1 aliphatic rings. The number of primary amides is 1. The molecule has 2 aromatic rings. The van der Waals surface area contributed by atoms with Crippen molar-refractivity contribution in [2.24, 2.45) is 5.73 Å². The summed E-state index contributed by atoms with van der Waals surface area (Å²) in [6.07, 6.45) is 4.10. The van der Waals surface area contributed by atoms with Crippen LogP contribution in [0, 0.1) is 0 Å². The van der Waals surface area contributed by atoms with Crippen molar-refractivity contribution in [3.8, 4) is 0 Å². The van der Waals surface area contributed by atoms with Gasteiger partial charge in [0, 0.05) is 23.7 Å². The van der Waals surface area contributed by atoms with E-state index in [-0.39, 0.29) is 11.5 Å². The van der Waals surface area contributed by atoms with Crippen molar-refractivity contribution >= 4 is 29.3 Å². The van der Waals surface area contributed by atoms with Crippen LogP contribution in [-0.2, 0) is 6.54 Å². The van der Waals surface area contributed by atoms with Crippen LogP contribution >= 0.6 is 11.8 Å². The molecule has 0 atom stereocenters. The lowest BCUT2D eigenvalue weighted by molar-refractivity contribution is 0.102. The fourth-order valence-corrected chi connectivity index (χ4v) is 3.30. The number of hydrogen-bond donors (Lipinski definition) is 2. The van der Waals surface area contributed by atoms with Crippen LogP contribution in [0.2, 0.25) is 0 Å². The number of aromatic nitrogens is 3. The molecule has 0 aliphatic heterocycles. The highest BCUT2D eigenvalue weighted by molar-refractivity contribution is 7.99. The molecule has 1 aromatic heterocycles. The smallest absolute Gasteiger partial charge is 0.316 e. The number of hydrogen-bond acceptors (Lipinski definition) is 5. The summed E-state index contributed by atoms with van der Waals surface area (Å²) in [6, 6.07) is 5.99. The van der Waals surface area contributed by atoms with E-state index in [1.54, 1.807) is 24.3 Å². The molecule has 8 heteroatoms. The van der Waals surface area contributed by atoms with Gasteiger partial charge in [0.1, 0.15) is 5.82 Å². The molecule has 1 aliphatic carbocycles. The molecule has 1 saturated carbocycles. The summed E-state index contributed by atoms with van der Waals surface area (Å²) >= 11 is 1.37. The summed E-state index contributed by atoms with van der Waals surface area (Å²) in [4.78, 5) is 23.2. The zero-order chi connectivity index (χ0) is 17.8. The van der Waals surface area contributed by atoms with Crippen LogP contribution in [0.1, 0.15) is 34.9 Å². The Balaban J connectivity index is 1.64. The molecule has 2 amide bonds. The number of urea groups is 1. The topological polar surface area (TPSA) is 103 Å². The molecule has 1 fully saturated rings. The van der Waals surface area contributed by atoms with Crippen LogP contribution in [0.3, 0.4) is 0 Å². The van der Waals surface area contributed by atoms with E-state index in [4.69, 9.17) is 5.73 Å². The average Bonchev–Trinajstić information content (AvgIpc) is 3.35. The van der Waals surface area contributed by atoms with Crippen molar-refractivity contribution in [2.75, 3.05) is 11.1 Å². The molecule has 0 bridgehead atoms. The summed E-state index contributed by atoms with van der Waals surface area (Å²) in [5, 5.41) is 11.7. The Kier molecular flexibility index (Phi) is 5.18. The minimum atomic E-state index is -0.636. The lowest BCUT2D eigenvalue weighted by atomic mass is 10.1. The highest BCUT2D eigenvalue weighted by atomic mass is 32.2. The molecule has 7 nitrogen and oxygen atoms in total. The predicted octanol–water partition coefficient (Wildman–Crippen LogP) is 2.81. The Labute approximate surface area is 149 Å². The zero-order valence-corrected chi connectivity index (χ0v) is 14.5. The van der Waals surface area contributed by atoms with E-state index in [0.29, 0.717) is 23.7 Å². The second-order valence-corrected chi connectivity index (χ2v) is 6.74. The second kappa shape index (κ2) is 7.52. The molecular formula is C17H19N5O2S. The van der Waals surface area contributed by atoms with E-state index in [0.717, 1.165) is 23.8 Å². The van der Waals surface area contributed by atoms with Crippen LogP contribution in [0.25, 0.3) is 0 Å². The lowest BCUT2D eigenvalue weighted by Gasteiger charge is -2.07. The average molecular weight is 357 g/mol. The van der Waals surface area contributed by atoms with Gasteiger partial charge in [-0.05, 0) is 37.1 Å². The number of nitrogens with two attached hydrogens (primary N) is 1. The van der Waals surface area contributed by atoms with Crippen molar-refractivity contribution in [3.63, 3.8) is 0 Å². The van der Waals surface area contributed by atoms with Gasteiger partial charge in [-0.2, -0.15) is 0 Å². The van der Waals surface area contributed by atoms with Crippen molar-refractivity contribution in [2.45, 2.75) is 30.5 Å². The summed E-state index contributed by atoms with van der Waals surface area (Å²) in [5.41, 5.74) is 6.18. The number of allylic oxidation sites excluding steroid dienone is 1. The minimum Gasteiger partial charge on any atom is -0.351 e. The fraction of sp³-hybridized carbons (Fsp3) is 0.294. The standard InChI is InChI=1S/C17H19N5O2S/c1-2-9-22-15(12-3-4-12)20-21-17(22)25-10-14(23)11-5-7-13(8-6-11)19-16(18)24/h2,5-8,12H,1,3-4,9-10H2,(H3,18,19,24). The number of anilines is 1. The predicted molar refractivity (Wildman–Crippen MR) is 96.9 cm³/mol. The monoisotopic (exact) mass is 357 g/mol. The summed E-state index contributed by atoms with van der Waals surface area (Å²) in [5.74, 6) is 1.72. The van der Waals surface area contributed by atoms with Gasteiger partial charge in [-0.1, -0.05) is 17.8 Å². The first kappa shape index (κ1) is 17.2. The van der Waals surface area contributed by atoms with Crippen LogP contribution in [0.5, 0.6) is 0 Å². The van der Waals surface area contributed by atoms with E-state index in [9.17, 15) is 9.59 Å². The SMILES string of the molecule is C=CCn1c(SCC(=O)c2ccc(NC(N)=O)cc2)nnc1C1CC1. The Morgan fingerprint density at radius 2 is 2.04 bits per heavy atom. The van der Waals surface area contributed by atoms with E-state index >= 15 is 0 Å². The van der Waals surface area contributed by atoms with Crippen molar-refractivity contribution in [3.05, 3.63) is 48.3 Å². The number of carbonyl (C=O) groups is 2. The van der Waals surface area contributed by atoms with Crippen molar-refractivity contribution in [1.29, 1.82) is 0 Å². The lowest BCUT2D eigenvalue weighted by Crippen LogP contribution is -2.19. The molecular weight excluding hydrogens is 338 g/mol. The number of rotatable bonds is 8. The quantitative estimate of drug-likeness (QED) is 0.429. The van der Waals surface area contributed by atoms with Crippen LogP contribution < -0.4 is 11.1 Å². The first-order valence-corrected chi connectivity index (χ1v) is 8.93. The van der Waals surface area contributed by atoms with Gasteiger partial charge in [0.15, 0.2) is 10.9 Å². The Hall–Kier alpha value is -2.61. The minimum absolute atomic E-state index is 0.0169. The van der Waals surface area contributed by atoms with Gasteiger partial charge in [-0.25, -0.2) is 4.79 Å². The van der Waals surface area contributed by atoms with Gasteiger partial charge in [0.2, 0.25) is 0 Å². The molecule has 0 unspecified atom stereocenters. The maximum atomic E-state index is 12.4. The first-order chi connectivity index (χ1) is 12.1. The van der Waals surface area contributed by atoms with Crippen LogP contribution in [-0.4, -0.2) is 32.3 Å². The third-order valence-corrected chi connectivity index (χ3v) is 4.77. The van der Waals surface area contributed by atoms with Gasteiger partial charge < -0.3 is 15.6 Å². The van der Waals surface area contributed by atoms with Gasteiger partial charge in [-0.3, -0.25) is 4.79 Å². The first-order valence-electron chi connectivity index (χ1n) is 7.95. The zero-order valence-electron chi connectivity index (χ0n) is 13.6. The largest absolute Gasteiger partial charge is 0.351 e. The highest BCUT2D eigenvalue weighted by Gasteiger charge is 2.30. The summed E-state index contributed by atoms with van der Waals surface area (Å²) in [7, 11) is 0. The number of nitrogens with zero attached hydrogens (tertiary/aromatic N) is 3. The molecule has 1 aromatic carbocycles.